The van der Waals surface area contributed by atoms with Crippen molar-refractivity contribution in [2.75, 3.05) is 0 Å². The van der Waals surface area contributed by atoms with Gasteiger partial charge in [0.2, 0.25) is 0 Å². The minimum Gasteiger partial charge on any atom is -0.391 e. The van der Waals surface area contributed by atoms with Crippen molar-refractivity contribution < 1.29 is 5.11 Å². The standard InChI is InChI=1S/C22H24N2O/c25-21-15-9-3-8-14-20(21)24-16-19(17-10-4-1-5-11-17)23-22(24)18-12-6-2-7-13-18/h1-2,4-7,10-13,16,20-21,25H,3,8-9,14-15H2/t20-,21+/m1/s1. The third kappa shape index (κ3) is 3.38. The lowest BCUT2D eigenvalue weighted by molar-refractivity contribution is 0.106. The van der Waals surface area contributed by atoms with Crippen molar-refractivity contribution in [2.24, 2.45) is 0 Å². The van der Waals surface area contributed by atoms with E-state index in [4.69, 9.17) is 4.98 Å². The van der Waals surface area contributed by atoms with Crippen LogP contribution >= 0.6 is 0 Å². The Bertz CT molecular complexity index is 811. The Labute approximate surface area is 149 Å². The van der Waals surface area contributed by atoms with Crippen molar-refractivity contribution >= 4 is 0 Å². The number of imidazole rings is 1. The van der Waals surface area contributed by atoms with E-state index in [1.54, 1.807) is 0 Å². The van der Waals surface area contributed by atoms with Crippen LogP contribution in [0.5, 0.6) is 0 Å². The maximum absolute atomic E-state index is 10.7. The molecule has 128 valence electrons. The number of aromatic nitrogens is 2. The number of hydrogen-bond acceptors (Lipinski definition) is 2. The molecule has 2 aromatic carbocycles. The van der Waals surface area contributed by atoms with Crippen molar-refractivity contribution in [1.82, 2.24) is 9.55 Å². The molecule has 0 spiro atoms. The van der Waals surface area contributed by atoms with Crippen molar-refractivity contribution in [3.63, 3.8) is 0 Å². The van der Waals surface area contributed by atoms with E-state index in [2.05, 4.69) is 35.0 Å². The monoisotopic (exact) mass is 332 g/mol. The predicted molar refractivity (Wildman–Crippen MR) is 101 cm³/mol. The molecular formula is C22H24N2O. The van der Waals surface area contributed by atoms with Crippen LogP contribution in [0, 0.1) is 0 Å². The molecule has 2 atom stereocenters. The summed E-state index contributed by atoms with van der Waals surface area (Å²) < 4.78 is 2.22. The summed E-state index contributed by atoms with van der Waals surface area (Å²) in [5.74, 6) is 0.949. The Morgan fingerprint density at radius 3 is 2.16 bits per heavy atom. The molecular weight excluding hydrogens is 308 g/mol. The van der Waals surface area contributed by atoms with Gasteiger partial charge in [-0.15, -0.1) is 0 Å². The maximum atomic E-state index is 10.7. The van der Waals surface area contributed by atoms with Crippen LogP contribution in [0.2, 0.25) is 0 Å². The molecule has 0 bridgehead atoms. The molecule has 0 unspecified atom stereocenters. The minimum atomic E-state index is -0.303. The number of aliphatic hydroxyl groups is 1. The van der Waals surface area contributed by atoms with Crippen molar-refractivity contribution in [2.45, 2.75) is 44.2 Å². The second-order valence-electron chi connectivity index (χ2n) is 6.86. The van der Waals surface area contributed by atoms with Crippen LogP contribution in [0.25, 0.3) is 22.6 Å². The summed E-state index contributed by atoms with van der Waals surface area (Å²) in [5.41, 5.74) is 3.18. The number of benzene rings is 2. The normalized spacial score (nSPS) is 21.0. The lowest BCUT2D eigenvalue weighted by atomic mass is 10.1. The molecule has 3 aromatic rings. The van der Waals surface area contributed by atoms with Crippen LogP contribution < -0.4 is 0 Å². The first kappa shape index (κ1) is 16.1. The lowest BCUT2D eigenvalue weighted by Gasteiger charge is -2.24. The minimum absolute atomic E-state index is 0.0997. The first-order valence-corrected chi connectivity index (χ1v) is 9.21. The molecule has 0 radical (unpaired) electrons. The highest BCUT2D eigenvalue weighted by Crippen LogP contribution is 2.34. The Morgan fingerprint density at radius 1 is 0.800 bits per heavy atom. The largest absolute Gasteiger partial charge is 0.391 e. The summed E-state index contributed by atoms with van der Waals surface area (Å²) in [4.78, 5) is 4.94. The quantitative estimate of drug-likeness (QED) is 0.679. The summed E-state index contributed by atoms with van der Waals surface area (Å²) in [6, 6.07) is 20.7. The first-order valence-electron chi connectivity index (χ1n) is 9.21. The average Bonchev–Trinajstić information content (AvgIpc) is 3.00. The van der Waals surface area contributed by atoms with E-state index in [0.717, 1.165) is 48.3 Å². The van der Waals surface area contributed by atoms with Gasteiger partial charge in [0, 0.05) is 17.3 Å². The summed E-state index contributed by atoms with van der Waals surface area (Å²) >= 11 is 0. The molecule has 1 N–H and O–H groups in total. The molecule has 25 heavy (non-hydrogen) atoms. The van der Waals surface area contributed by atoms with Gasteiger partial charge in [-0.1, -0.05) is 79.9 Å². The maximum Gasteiger partial charge on any atom is 0.141 e. The average molecular weight is 332 g/mol. The Kier molecular flexibility index (Phi) is 4.66. The lowest BCUT2D eigenvalue weighted by Crippen LogP contribution is -2.23. The fourth-order valence-corrected chi connectivity index (χ4v) is 3.79. The van der Waals surface area contributed by atoms with E-state index in [1.165, 1.54) is 6.42 Å². The second-order valence-corrected chi connectivity index (χ2v) is 6.86. The Morgan fingerprint density at radius 2 is 1.44 bits per heavy atom. The van der Waals surface area contributed by atoms with Crippen molar-refractivity contribution in [3.8, 4) is 22.6 Å². The van der Waals surface area contributed by atoms with Gasteiger partial charge in [0.25, 0.3) is 0 Å². The molecule has 1 heterocycles. The molecule has 1 aliphatic rings. The molecule has 1 saturated carbocycles. The van der Waals surface area contributed by atoms with Crippen LogP contribution in [0.4, 0.5) is 0 Å². The smallest absolute Gasteiger partial charge is 0.141 e. The van der Waals surface area contributed by atoms with Gasteiger partial charge in [-0.3, -0.25) is 0 Å². The molecule has 0 amide bonds. The van der Waals surface area contributed by atoms with E-state index in [1.807, 2.05) is 36.4 Å². The molecule has 1 aromatic heterocycles. The van der Waals surface area contributed by atoms with E-state index >= 15 is 0 Å². The molecule has 3 heteroatoms. The summed E-state index contributed by atoms with van der Waals surface area (Å²) in [7, 11) is 0. The van der Waals surface area contributed by atoms with Crippen LogP contribution in [0.15, 0.2) is 66.9 Å². The third-order valence-electron chi connectivity index (χ3n) is 5.14. The molecule has 1 aliphatic carbocycles. The zero-order valence-electron chi connectivity index (χ0n) is 14.4. The van der Waals surface area contributed by atoms with Crippen LogP contribution in [0.3, 0.4) is 0 Å². The summed E-state index contributed by atoms with van der Waals surface area (Å²) in [5, 5.41) is 10.7. The third-order valence-corrected chi connectivity index (χ3v) is 5.14. The fraction of sp³-hybridized carbons (Fsp3) is 0.318. The topological polar surface area (TPSA) is 38.0 Å². The zero-order valence-corrected chi connectivity index (χ0v) is 14.4. The van der Waals surface area contributed by atoms with Crippen LogP contribution in [0.1, 0.15) is 38.1 Å². The number of rotatable bonds is 3. The zero-order chi connectivity index (χ0) is 17.1. The highest BCUT2D eigenvalue weighted by atomic mass is 16.3. The molecule has 1 fully saturated rings. The second kappa shape index (κ2) is 7.24. The highest BCUT2D eigenvalue weighted by molar-refractivity contribution is 5.65. The van der Waals surface area contributed by atoms with Crippen LogP contribution in [-0.4, -0.2) is 20.8 Å². The van der Waals surface area contributed by atoms with Crippen LogP contribution in [-0.2, 0) is 0 Å². The number of aliphatic hydroxyl groups excluding tert-OH is 1. The molecule has 4 rings (SSSR count). The summed E-state index contributed by atoms with van der Waals surface area (Å²) in [6.45, 7) is 0. The van der Waals surface area contributed by atoms with Gasteiger partial charge < -0.3 is 9.67 Å². The van der Waals surface area contributed by atoms with Crippen molar-refractivity contribution in [1.29, 1.82) is 0 Å². The SMILES string of the molecule is O[C@H]1CCCCC[C@H]1n1cc(-c2ccccc2)nc1-c1ccccc1. The van der Waals surface area contributed by atoms with E-state index in [-0.39, 0.29) is 12.1 Å². The Hall–Kier alpha value is -2.39. The van der Waals surface area contributed by atoms with Gasteiger partial charge in [-0.05, 0) is 12.8 Å². The van der Waals surface area contributed by atoms with Gasteiger partial charge >= 0.3 is 0 Å². The van der Waals surface area contributed by atoms with E-state index < -0.39 is 0 Å². The number of nitrogens with zero attached hydrogens (tertiary/aromatic N) is 2. The molecule has 0 saturated heterocycles. The fourth-order valence-electron chi connectivity index (χ4n) is 3.79. The van der Waals surface area contributed by atoms with E-state index in [9.17, 15) is 5.11 Å². The molecule has 0 aliphatic heterocycles. The van der Waals surface area contributed by atoms with E-state index in [0.29, 0.717) is 0 Å². The number of hydrogen-bond donors (Lipinski definition) is 1. The van der Waals surface area contributed by atoms with Gasteiger partial charge in [-0.25, -0.2) is 4.98 Å². The van der Waals surface area contributed by atoms with Gasteiger partial charge in [0.05, 0.1) is 17.8 Å². The van der Waals surface area contributed by atoms with Crippen molar-refractivity contribution in [3.05, 3.63) is 66.9 Å². The van der Waals surface area contributed by atoms with Gasteiger partial charge in [0.1, 0.15) is 5.82 Å². The molecule has 3 nitrogen and oxygen atoms in total. The first-order chi connectivity index (χ1) is 12.3. The summed E-state index contributed by atoms with van der Waals surface area (Å²) in [6.07, 6.45) is 7.17. The van der Waals surface area contributed by atoms with Gasteiger partial charge in [0.15, 0.2) is 0 Å². The predicted octanol–water partition coefficient (Wildman–Crippen LogP) is 5.08. The highest BCUT2D eigenvalue weighted by Gasteiger charge is 2.26. The van der Waals surface area contributed by atoms with Gasteiger partial charge in [-0.2, -0.15) is 0 Å². The Balaban J connectivity index is 1.82.